The number of benzene rings is 2. The summed E-state index contributed by atoms with van der Waals surface area (Å²) in [5.41, 5.74) is 1.16. The Labute approximate surface area is 125 Å². The molecule has 21 heavy (non-hydrogen) atoms. The fourth-order valence-corrected chi connectivity index (χ4v) is 3.19. The van der Waals surface area contributed by atoms with Gasteiger partial charge in [0.05, 0.1) is 28.4 Å². The van der Waals surface area contributed by atoms with Crippen LogP contribution < -0.4 is 4.74 Å². The monoisotopic (exact) mass is 303 g/mol. The number of rotatable bonds is 4. The fourth-order valence-electron chi connectivity index (χ4n) is 2.19. The highest BCUT2D eigenvalue weighted by Crippen LogP contribution is 2.28. The molecule has 0 saturated carbocycles. The summed E-state index contributed by atoms with van der Waals surface area (Å²) in [6.45, 7) is 0. The van der Waals surface area contributed by atoms with E-state index in [4.69, 9.17) is 4.74 Å². The number of aliphatic hydroxyl groups excluding tert-OH is 1. The molecule has 3 rings (SSSR count). The van der Waals surface area contributed by atoms with Gasteiger partial charge < -0.3 is 9.84 Å². The lowest BCUT2D eigenvalue weighted by molar-refractivity contribution is 0.173. The number of hydrogen-bond donors (Lipinski definition) is 1. The topological polar surface area (TPSA) is 42.4 Å². The molecule has 1 aromatic heterocycles. The summed E-state index contributed by atoms with van der Waals surface area (Å²) in [6.07, 6.45) is -0.626. The third-order valence-corrected chi connectivity index (χ3v) is 4.33. The highest BCUT2D eigenvalue weighted by molar-refractivity contribution is 7.18. The van der Waals surface area contributed by atoms with Crippen LogP contribution in [0.1, 0.15) is 16.7 Å². The second kappa shape index (κ2) is 5.79. The number of halogens is 1. The Bertz CT molecular complexity index is 739. The van der Waals surface area contributed by atoms with E-state index in [1.165, 1.54) is 24.5 Å². The van der Waals surface area contributed by atoms with Crippen LogP contribution in [-0.4, -0.2) is 17.2 Å². The Morgan fingerprint density at radius 1 is 1.29 bits per heavy atom. The van der Waals surface area contributed by atoms with E-state index >= 15 is 0 Å². The van der Waals surface area contributed by atoms with Gasteiger partial charge in [-0.05, 0) is 24.3 Å². The summed E-state index contributed by atoms with van der Waals surface area (Å²) >= 11 is 1.52. The van der Waals surface area contributed by atoms with Gasteiger partial charge in [-0.25, -0.2) is 9.37 Å². The molecule has 0 aliphatic carbocycles. The normalized spacial score (nSPS) is 12.5. The molecule has 108 valence electrons. The van der Waals surface area contributed by atoms with Crippen LogP contribution >= 0.6 is 11.3 Å². The average molecular weight is 303 g/mol. The molecule has 3 aromatic rings. The van der Waals surface area contributed by atoms with Gasteiger partial charge >= 0.3 is 0 Å². The van der Waals surface area contributed by atoms with Gasteiger partial charge in [0.25, 0.3) is 0 Å². The molecule has 5 heteroatoms. The van der Waals surface area contributed by atoms with Crippen LogP contribution in [0.3, 0.4) is 0 Å². The Balaban J connectivity index is 1.83. The number of hydrogen-bond acceptors (Lipinski definition) is 4. The van der Waals surface area contributed by atoms with Crippen LogP contribution in [0, 0.1) is 5.82 Å². The Morgan fingerprint density at radius 3 is 2.81 bits per heavy atom. The molecule has 0 spiro atoms. The SMILES string of the molecule is COc1ccc(C(O)Cc2nc3ccccc3s2)c(F)c1. The first-order valence-electron chi connectivity index (χ1n) is 6.53. The van der Waals surface area contributed by atoms with Gasteiger partial charge in [0.1, 0.15) is 11.6 Å². The first kappa shape index (κ1) is 14.0. The summed E-state index contributed by atoms with van der Waals surface area (Å²) in [4.78, 5) is 4.45. The van der Waals surface area contributed by atoms with E-state index in [1.54, 1.807) is 12.1 Å². The highest BCUT2D eigenvalue weighted by Gasteiger charge is 2.16. The van der Waals surface area contributed by atoms with Gasteiger partial charge in [0.2, 0.25) is 0 Å². The summed E-state index contributed by atoms with van der Waals surface area (Å²) in [5, 5.41) is 11.0. The largest absolute Gasteiger partial charge is 0.497 e. The number of aliphatic hydroxyl groups is 1. The van der Waals surface area contributed by atoms with Crippen molar-refractivity contribution in [1.29, 1.82) is 0 Å². The highest BCUT2D eigenvalue weighted by atomic mass is 32.1. The van der Waals surface area contributed by atoms with Crippen LogP contribution in [0.5, 0.6) is 5.75 Å². The lowest BCUT2D eigenvalue weighted by atomic mass is 10.1. The zero-order chi connectivity index (χ0) is 14.8. The van der Waals surface area contributed by atoms with E-state index in [2.05, 4.69) is 4.98 Å². The first-order valence-corrected chi connectivity index (χ1v) is 7.35. The molecule has 0 radical (unpaired) electrons. The molecule has 1 heterocycles. The third kappa shape index (κ3) is 2.89. The van der Waals surface area contributed by atoms with Gasteiger partial charge in [0.15, 0.2) is 0 Å². The number of thiazole rings is 1. The van der Waals surface area contributed by atoms with Crippen LogP contribution in [0.25, 0.3) is 10.2 Å². The lowest BCUT2D eigenvalue weighted by Crippen LogP contribution is -2.04. The van der Waals surface area contributed by atoms with Crippen molar-refractivity contribution < 1.29 is 14.2 Å². The van der Waals surface area contributed by atoms with E-state index in [0.717, 1.165) is 15.2 Å². The van der Waals surface area contributed by atoms with Crippen LogP contribution in [0.15, 0.2) is 42.5 Å². The molecule has 3 nitrogen and oxygen atoms in total. The van der Waals surface area contributed by atoms with E-state index < -0.39 is 11.9 Å². The third-order valence-electron chi connectivity index (χ3n) is 3.27. The number of aromatic nitrogens is 1. The number of para-hydroxylation sites is 1. The molecule has 0 bridgehead atoms. The summed E-state index contributed by atoms with van der Waals surface area (Å²) in [7, 11) is 1.48. The molecule has 0 amide bonds. The molecule has 0 fully saturated rings. The number of methoxy groups -OCH3 is 1. The Hall–Kier alpha value is -1.98. The van der Waals surface area contributed by atoms with Crippen molar-refractivity contribution in [3.05, 3.63) is 58.9 Å². The van der Waals surface area contributed by atoms with Crippen molar-refractivity contribution >= 4 is 21.6 Å². The molecular formula is C16H14FNO2S. The Morgan fingerprint density at radius 2 is 2.10 bits per heavy atom. The van der Waals surface area contributed by atoms with E-state index in [-0.39, 0.29) is 5.56 Å². The molecule has 1 N–H and O–H groups in total. The van der Waals surface area contributed by atoms with Gasteiger partial charge in [0, 0.05) is 18.1 Å². The van der Waals surface area contributed by atoms with Gasteiger partial charge in [-0.2, -0.15) is 0 Å². The predicted octanol–water partition coefficient (Wildman–Crippen LogP) is 3.72. The standard InChI is InChI=1S/C16H14FNO2S/c1-20-10-6-7-11(12(17)8-10)14(19)9-16-18-13-4-2-3-5-15(13)21-16/h2-8,14,19H,9H2,1H3. The quantitative estimate of drug-likeness (QED) is 0.798. The number of ether oxygens (including phenoxy) is 1. The molecule has 0 saturated heterocycles. The molecule has 0 aliphatic rings. The Kier molecular flexibility index (Phi) is 3.86. The van der Waals surface area contributed by atoms with Crippen molar-refractivity contribution in [2.45, 2.75) is 12.5 Å². The fraction of sp³-hybridized carbons (Fsp3) is 0.188. The lowest BCUT2D eigenvalue weighted by Gasteiger charge is -2.11. The second-order valence-corrected chi connectivity index (χ2v) is 5.80. The van der Waals surface area contributed by atoms with Crippen molar-refractivity contribution in [2.75, 3.05) is 7.11 Å². The van der Waals surface area contributed by atoms with E-state index in [1.807, 2.05) is 24.3 Å². The summed E-state index contributed by atoms with van der Waals surface area (Å²) in [6, 6.07) is 12.2. The van der Waals surface area contributed by atoms with Crippen molar-refractivity contribution in [3.63, 3.8) is 0 Å². The summed E-state index contributed by atoms with van der Waals surface area (Å²) in [5.74, 6) is -0.0357. The minimum absolute atomic E-state index is 0.259. The van der Waals surface area contributed by atoms with Crippen molar-refractivity contribution in [2.24, 2.45) is 0 Å². The predicted molar refractivity (Wildman–Crippen MR) is 81.2 cm³/mol. The van der Waals surface area contributed by atoms with Gasteiger partial charge in [-0.15, -0.1) is 11.3 Å². The van der Waals surface area contributed by atoms with Gasteiger partial charge in [-0.3, -0.25) is 0 Å². The zero-order valence-corrected chi connectivity index (χ0v) is 12.2. The maximum atomic E-state index is 13.9. The molecule has 2 aromatic carbocycles. The maximum Gasteiger partial charge on any atom is 0.132 e. The summed E-state index contributed by atoms with van der Waals surface area (Å²) < 4.78 is 20.0. The van der Waals surface area contributed by atoms with Crippen LogP contribution in [0.2, 0.25) is 0 Å². The smallest absolute Gasteiger partial charge is 0.132 e. The average Bonchev–Trinajstić information content (AvgIpc) is 2.88. The molecule has 0 aliphatic heterocycles. The minimum atomic E-state index is -0.920. The number of fused-ring (bicyclic) bond motifs is 1. The van der Waals surface area contributed by atoms with Crippen LogP contribution in [0.4, 0.5) is 4.39 Å². The number of nitrogens with zero attached hydrogens (tertiary/aromatic N) is 1. The second-order valence-electron chi connectivity index (χ2n) is 4.68. The molecule has 1 unspecified atom stereocenters. The molecular weight excluding hydrogens is 289 g/mol. The first-order chi connectivity index (χ1) is 10.2. The maximum absolute atomic E-state index is 13.9. The van der Waals surface area contributed by atoms with E-state index in [0.29, 0.717) is 12.2 Å². The molecule has 1 atom stereocenters. The zero-order valence-electron chi connectivity index (χ0n) is 11.4. The van der Waals surface area contributed by atoms with Gasteiger partial charge in [-0.1, -0.05) is 12.1 Å². The van der Waals surface area contributed by atoms with Crippen LogP contribution in [-0.2, 0) is 6.42 Å². The van der Waals surface area contributed by atoms with E-state index in [9.17, 15) is 9.50 Å². The van der Waals surface area contributed by atoms with Crippen molar-refractivity contribution in [3.8, 4) is 5.75 Å². The van der Waals surface area contributed by atoms with Crippen molar-refractivity contribution in [1.82, 2.24) is 4.98 Å². The minimum Gasteiger partial charge on any atom is -0.497 e.